The summed E-state index contributed by atoms with van der Waals surface area (Å²) in [6.07, 6.45) is -1.40. The maximum Gasteiger partial charge on any atom is 0.303 e. The minimum absolute atomic E-state index is 0.0364. The average Bonchev–Trinajstić information content (AvgIpc) is 2.82. The van der Waals surface area contributed by atoms with Crippen LogP contribution in [0.15, 0.2) is 30.4 Å². The number of benzene rings is 1. The summed E-state index contributed by atoms with van der Waals surface area (Å²) in [5, 5.41) is 0. The molecule has 0 fully saturated rings. The maximum atomic E-state index is 11.5. The molecule has 1 aliphatic heterocycles. The fraction of sp³-hybridized carbons (Fsp3) is 0.353. The highest BCUT2D eigenvalue weighted by Gasteiger charge is 2.39. The van der Waals surface area contributed by atoms with E-state index in [1.165, 1.54) is 20.8 Å². The first-order valence-electron chi connectivity index (χ1n) is 7.09. The van der Waals surface area contributed by atoms with Crippen LogP contribution in [0.4, 0.5) is 0 Å². The van der Waals surface area contributed by atoms with Crippen LogP contribution in [-0.2, 0) is 19.1 Å². The van der Waals surface area contributed by atoms with E-state index in [4.69, 9.17) is 14.2 Å². The van der Waals surface area contributed by atoms with Gasteiger partial charge in [0.1, 0.15) is 12.4 Å². The van der Waals surface area contributed by atoms with Gasteiger partial charge in [0.25, 0.3) is 0 Å². The van der Waals surface area contributed by atoms with Crippen LogP contribution in [-0.4, -0.2) is 30.4 Å². The summed E-state index contributed by atoms with van der Waals surface area (Å²) >= 11 is 0. The maximum absolute atomic E-state index is 11.5. The van der Waals surface area contributed by atoms with Gasteiger partial charge in [-0.05, 0) is 25.1 Å². The summed E-state index contributed by atoms with van der Waals surface area (Å²) < 4.78 is 16.0. The smallest absolute Gasteiger partial charge is 0.303 e. The highest BCUT2D eigenvalue weighted by atomic mass is 16.6. The molecule has 0 saturated carbocycles. The van der Waals surface area contributed by atoms with Gasteiger partial charge in [-0.25, -0.2) is 0 Å². The van der Waals surface area contributed by atoms with Crippen molar-refractivity contribution in [1.82, 2.24) is 0 Å². The van der Waals surface area contributed by atoms with E-state index in [0.717, 1.165) is 0 Å². The first kappa shape index (κ1) is 16.7. The van der Waals surface area contributed by atoms with Crippen LogP contribution in [0.2, 0.25) is 0 Å². The lowest BCUT2D eigenvalue weighted by Gasteiger charge is -2.20. The Morgan fingerprint density at radius 1 is 1.17 bits per heavy atom. The summed E-state index contributed by atoms with van der Waals surface area (Å²) in [5.74, 6) is -0.513. The van der Waals surface area contributed by atoms with Crippen LogP contribution in [0.1, 0.15) is 42.8 Å². The second-order valence-corrected chi connectivity index (χ2v) is 5.32. The van der Waals surface area contributed by atoms with Gasteiger partial charge in [0, 0.05) is 30.5 Å². The molecule has 122 valence electrons. The number of carbonyl (C=O) groups excluding carboxylic acids is 3. The lowest BCUT2D eigenvalue weighted by molar-refractivity contribution is -0.150. The number of fused-ring (bicyclic) bond motifs is 1. The zero-order valence-corrected chi connectivity index (χ0v) is 13.3. The number of hydrogen-bond acceptors (Lipinski definition) is 6. The van der Waals surface area contributed by atoms with Gasteiger partial charge in [-0.3, -0.25) is 14.4 Å². The van der Waals surface area contributed by atoms with E-state index in [2.05, 4.69) is 6.58 Å². The van der Waals surface area contributed by atoms with E-state index in [1.54, 1.807) is 18.2 Å². The topological polar surface area (TPSA) is 78.9 Å². The minimum Gasteiger partial charge on any atom is -0.481 e. The first-order chi connectivity index (χ1) is 10.8. The molecule has 2 rings (SSSR count). The van der Waals surface area contributed by atoms with Crippen molar-refractivity contribution in [2.24, 2.45) is 0 Å². The van der Waals surface area contributed by atoms with Crippen LogP contribution in [0, 0.1) is 0 Å². The Bertz CT molecular complexity index is 676. The molecule has 1 aromatic carbocycles. The Morgan fingerprint density at radius 2 is 1.87 bits per heavy atom. The molecule has 0 aliphatic carbocycles. The Balaban J connectivity index is 2.30. The monoisotopic (exact) mass is 318 g/mol. The number of rotatable bonds is 5. The van der Waals surface area contributed by atoms with E-state index in [0.29, 0.717) is 22.4 Å². The van der Waals surface area contributed by atoms with Crippen LogP contribution in [0.25, 0.3) is 0 Å². The van der Waals surface area contributed by atoms with Crippen LogP contribution < -0.4 is 4.74 Å². The van der Waals surface area contributed by atoms with Crippen molar-refractivity contribution >= 4 is 17.7 Å². The normalized spacial score (nSPS) is 18.6. The molecule has 23 heavy (non-hydrogen) atoms. The molecule has 1 aliphatic rings. The first-order valence-corrected chi connectivity index (χ1v) is 7.09. The number of ketones is 1. The van der Waals surface area contributed by atoms with Gasteiger partial charge in [-0.2, -0.15) is 0 Å². The molecule has 1 heterocycles. The lowest BCUT2D eigenvalue weighted by atomic mass is 9.99. The van der Waals surface area contributed by atoms with Crippen molar-refractivity contribution in [2.45, 2.75) is 33.0 Å². The van der Waals surface area contributed by atoms with Crippen LogP contribution in [0.3, 0.4) is 0 Å². The molecular weight excluding hydrogens is 300 g/mol. The van der Waals surface area contributed by atoms with Crippen molar-refractivity contribution in [2.75, 3.05) is 6.61 Å². The fourth-order valence-electron chi connectivity index (χ4n) is 2.34. The molecule has 6 heteroatoms. The molecular formula is C17H18O6. The standard InChI is InChI=1S/C17H18O6/c1-9(8-21-11(3)19)16-17(22-12(4)20)14-7-13(10(2)18)5-6-15(14)23-16/h5-7,16-17H,1,8H2,2-4H3/t16-,17+/m0/s1. The Kier molecular flexibility index (Phi) is 4.83. The molecule has 0 unspecified atom stereocenters. The fourth-order valence-corrected chi connectivity index (χ4v) is 2.34. The average molecular weight is 318 g/mol. The summed E-state index contributed by atoms with van der Waals surface area (Å²) in [4.78, 5) is 33.9. The number of Topliss-reactive ketones (excluding diaryl/α,β-unsaturated/α-hetero) is 1. The van der Waals surface area contributed by atoms with Gasteiger partial charge < -0.3 is 14.2 Å². The van der Waals surface area contributed by atoms with E-state index in [-0.39, 0.29) is 12.4 Å². The molecule has 0 spiro atoms. The zero-order valence-electron chi connectivity index (χ0n) is 13.3. The van der Waals surface area contributed by atoms with Crippen molar-refractivity contribution in [3.8, 4) is 5.75 Å². The van der Waals surface area contributed by atoms with Gasteiger partial charge in [0.15, 0.2) is 18.0 Å². The summed E-state index contributed by atoms with van der Waals surface area (Å²) in [6, 6.07) is 4.94. The number of hydrogen-bond donors (Lipinski definition) is 0. The van der Waals surface area contributed by atoms with Gasteiger partial charge in [-0.1, -0.05) is 6.58 Å². The number of carbonyl (C=O) groups is 3. The van der Waals surface area contributed by atoms with E-state index in [9.17, 15) is 14.4 Å². The second-order valence-electron chi connectivity index (χ2n) is 5.32. The van der Waals surface area contributed by atoms with Crippen molar-refractivity contribution in [3.63, 3.8) is 0 Å². The SMILES string of the molecule is C=C(COC(C)=O)[C@@H]1Oc2ccc(C(C)=O)cc2[C@H]1OC(C)=O. The summed E-state index contributed by atoms with van der Waals surface area (Å²) in [5.41, 5.74) is 1.56. The molecule has 0 saturated heterocycles. The Morgan fingerprint density at radius 3 is 2.43 bits per heavy atom. The van der Waals surface area contributed by atoms with E-state index >= 15 is 0 Å². The van der Waals surface area contributed by atoms with E-state index in [1.807, 2.05) is 0 Å². The van der Waals surface area contributed by atoms with Crippen molar-refractivity contribution in [1.29, 1.82) is 0 Å². The quantitative estimate of drug-likeness (QED) is 0.471. The summed E-state index contributed by atoms with van der Waals surface area (Å²) in [7, 11) is 0. The highest BCUT2D eigenvalue weighted by Crippen LogP contribution is 2.42. The molecule has 6 nitrogen and oxygen atoms in total. The van der Waals surface area contributed by atoms with Gasteiger partial charge >= 0.3 is 11.9 Å². The predicted molar refractivity (Wildman–Crippen MR) is 81.1 cm³/mol. The van der Waals surface area contributed by atoms with Crippen LogP contribution in [0.5, 0.6) is 5.75 Å². The molecule has 2 atom stereocenters. The lowest BCUT2D eigenvalue weighted by Crippen LogP contribution is -2.27. The van der Waals surface area contributed by atoms with Gasteiger partial charge in [-0.15, -0.1) is 0 Å². The van der Waals surface area contributed by atoms with Gasteiger partial charge in [0.2, 0.25) is 0 Å². The van der Waals surface area contributed by atoms with Crippen LogP contribution >= 0.6 is 0 Å². The zero-order chi connectivity index (χ0) is 17.1. The number of esters is 2. The summed E-state index contributed by atoms with van der Waals surface area (Å²) in [6.45, 7) is 7.85. The second kappa shape index (κ2) is 6.64. The Labute approximate surface area is 134 Å². The highest BCUT2D eigenvalue weighted by molar-refractivity contribution is 5.94. The third-order valence-corrected chi connectivity index (χ3v) is 3.41. The Hall–Kier alpha value is -2.63. The predicted octanol–water partition coefficient (Wildman–Crippen LogP) is 2.37. The minimum atomic E-state index is -0.732. The molecule has 1 aromatic rings. The van der Waals surface area contributed by atoms with Crippen molar-refractivity contribution in [3.05, 3.63) is 41.5 Å². The molecule has 0 N–H and O–H groups in total. The largest absolute Gasteiger partial charge is 0.481 e. The van der Waals surface area contributed by atoms with Crippen molar-refractivity contribution < 1.29 is 28.6 Å². The van der Waals surface area contributed by atoms with Gasteiger partial charge in [0.05, 0.1) is 0 Å². The number of ether oxygens (including phenoxy) is 3. The molecule has 0 bridgehead atoms. The molecule has 0 radical (unpaired) electrons. The third-order valence-electron chi connectivity index (χ3n) is 3.41. The molecule has 0 amide bonds. The van der Waals surface area contributed by atoms with E-state index < -0.39 is 24.1 Å². The third kappa shape index (κ3) is 3.77. The molecule has 0 aromatic heterocycles.